The Morgan fingerprint density at radius 2 is 1.49 bits per heavy atom. The minimum Gasteiger partial charge on any atom is -0.463 e. The van der Waals surface area contributed by atoms with E-state index in [0.717, 1.165) is 12.8 Å². The van der Waals surface area contributed by atoms with Gasteiger partial charge in [0.1, 0.15) is 11.9 Å². The lowest BCUT2D eigenvalue weighted by Crippen LogP contribution is -2.59. The third kappa shape index (κ3) is 10.1. The van der Waals surface area contributed by atoms with Crippen molar-refractivity contribution in [3.8, 4) is 5.75 Å². The number of hydrogen-bond acceptors (Lipinski definition) is 16. The Hall–Kier alpha value is -3.83. The fourth-order valence-corrected chi connectivity index (χ4v) is 5.41. The second-order valence-electron chi connectivity index (χ2n) is 11.0. The average Bonchev–Trinajstić information content (AvgIpc) is 3.11. The number of methoxy groups -OCH3 is 1. The van der Waals surface area contributed by atoms with Crippen LogP contribution in [0.2, 0.25) is 0 Å². The molecule has 0 radical (unpaired) electrons. The molecule has 1 aromatic rings. The van der Waals surface area contributed by atoms with E-state index in [1.807, 2.05) is 0 Å². The van der Waals surface area contributed by atoms with Crippen LogP contribution in [-0.4, -0.2) is 94.5 Å². The van der Waals surface area contributed by atoms with Gasteiger partial charge in [-0.25, -0.2) is 29.0 Å². The molecule has 1 aromatic carbocycles. The van der Waals surface area contributed by atoms with Crippen LogP contribution >= 0.6 is 0 Å². The summed E-state index contributed by atoms with van der Waals surface area (Å²) >= 11 is 0. The maximum absolute atomic E-state index is 14.3. The molecule has 2 saturated heterocycles. The maximum atomic E-state index is 14.3. The summed E-state index contributed by atoms with van der Waals surface area (Å²) in [6.45, 7) is 4.87. The topological polar surface area (TPSA) is 187 Å². The molecule has 0 aromatic heterocycles. The van der Waals surface area contributed by atoms with E-state index in [4.69, 9.17) is 47.7 Å². The van der Waals surface area contributed by atoms with Gasteiger partial charge in [-0.05, 0) is 76.5 Å². The van der Waals surface area contributed by atoms with Crippen molar-refractivity contribution < 1.29 is 76.4 Å². The lowest BCUT2D eigenvalue weighted by atomic mass is 9.89. The van der Waals surface area contributed by atoms with E-state index in [2.05, 4.69) is 4.74 Å². The standard InChI is InChI=1S/C33H46O16/c1-5-17-32(28(35)41-6-2,46-25-15-8-10-18-43-25)29(36)48-49-31(38)33(30(37)42-7-3,47-26-16-9-11-19-44-26)27(39-4)23-13-12-14-24(20-23)45-22-40-21-34/h12-14,20-21,25-27H,5-11,15-19,22H2,1-4H3. The summed E-state index contributed by atoms with van der Waals surface area (Å²) in [7, 11) is 1.21. The molecule has 16 heteroatoms. The molecule has 49 heavy (non-hydrogen) atoms. The monoisotopic (exact) mass is 698 g/mol. The highest BCUT2D eigenvalue weighted by molar-refractivity contribution is 6.06. The number of esters is 2. The minimum atomic E-state index is -2.80. The molecule has 0 amide bonds. The largest absolute Gasteiger partial charge is 0.463 e. The number of benzene rings is 1. The fourth-order valence-electron chi connectivity index (χ4n) is 5.41. The molecule has 274 valence electrons. The SMILES string of the molecule is CCCC(OC1CCCCO1)(C(=O)OCC)C(=O)OOC(=O)C(OC1CCCCO1)(C(=O)OCC)C(OC)c1cccc(OCOC=O)c1. The zero-order valence-corrected chi connectivity index (χ0v) is 28.3. The number of carbonyl (C=O) groups excluding carboxylic acids is 5. The van der Waals surface area contributed by atoms with Crippen LogP contribution in [0.25, 0.3) is 0 Å². The van der Waals surface area contributed by atoms with Crippen LogP contribution in [0.5, 0.6) is 5.75 Å². The van der Waals surface area contributed by atoms with Gasteiger partial charge in [-0.1, -0.05) is 25.5 Å². The summed E-state index contributed by atoms with van der Waals surface area (Å²) in [6.07, 6.45) is -0.101. The van der Waals surface area contributed by atoms with Crippen LogP contribution in [0.1, 0.15) is 83.8 Å². The first-order chi connectivity index (χ1) is 23.7. The molecule has 2 fully saturated rings. The van der Waals surface area contributed by atoms with E-state index >= 15 is 0 Å². The lowest BCUT2D eigenvalue weighted by Gasteiger charge is -2.38. The second kappa shape index (κ2) is 20.0. The van der Waals surface area contributed by atoms with Crippen LogP contribution in [0, 0.1) is 0 Å². The van der Waals surface area contributed by atoms with Crippen LogP contribution < -0.4 is 4.74 Å². The summed E-state index contributed by atoms with van der Waals surface area (Å²) in [5.74, 6) is -5.11. The summed E-state index contributed by atoms with van der Waals surface area (Å²) in [6, 6.07) is 5.97. The van der Waals surface area contributed by atoms with Gasteiger partial charge in [0, 0.05) is 20.3 Å². The number of carbonyl (C=O) groups is 5. The molecule has 0 N–H and O–H groups in total. The molecule has 3 rings (SSSR count). The molecule has 2 heterocycles. The van der Waals surface area contributed by atoms with Gasteiger partial charge < -0.3 is 42.6 Å². The third-order valence-corrected chi connectivity index (χ3v) is 7.67. The van der Waals surface area contributed by atoms with Crippen LogP contribution in [0.4, 0.5) is 0 Å². The summed E-state index contributed by atoms with van der Waals surface area (Å²) in [5.41, 5.74) is -5.01. The smallest absolute Gasteiger partial charge is 0.401 e. The maximum Gasteiger partial charge on any atom is 0.401 e. The molecule has 2 aliphatic rings. The zero-order chi connectivity index (χ0) is 35.7. The van der Waals surface area contributed by atoms with Crippen molar-refractivity contribution in [2.45, 2.75) is 102 Å². The Labute approximate surface area is 284 Å². The first kappa shape index (κ1) is 39.6. The highest BCUT2D eigenvalue weighted by atomic mass is 17.2. The predicted octanol–water partition coefficient (Wildman–Crippen LogP) is 3.38. The van der Waals surface area contributed by atoms with Gasteiger partial charge in [0.15, 0.2) is 12.6 Å². The van der Waals surface area contributed by atoms with Gasteiger partial charge >= 0.3 is 23.9 Å². The normalized spacial score (nSPS) is 20.7. The predicted molar refractivity (Wildman–Crippen MR) is 164 cm³/mol. The van der Waals surface area contributed by atoms with Crippen molar-refractivity contribution >= 4 is 30.3 Å². The van der Waals surface area contributed by atoms with E-state index in [1.54, 1.807) is 13.8 Å². The lowest BCUT2D eigenvalue weighted by molar-refractivity contribution is -0.310. The highest BCUT2D eigenvalue weighted by Gasteiger charge is 2.62. The van der Waals surface area contributed by atoms with Crippen molar-refractivity contribution in [3.63, 3.8) is 0 Å². The Bertz CT molecular complexity index is 1230. The molecule has 0 saturated carbocycles. The molecular formula is C33H46O16. The quantitative estimate of drug-likeness (QED) is 0.0299. The molecule has 0 aliphatic carbocycles. The fraction of sp³-hybridized carbons (Fsp3) is 0.667. The third-order valence-electron chi connectivity index (χ3n) is 7.67. The molecule has 5 atom stereocenters. The van der Waals surface area contributed by atoms with Crippen molar-refractivity contribution in [1.82, 2.24) is 0 Å². The van der Waals surface area contributed by atoms with Crippen LogP contribution in [-0.2, 0) is 71.6 Å². The molecule has 0 bridgehead atoms. The first-order valence-electron chi connectivity index (χ1n) is 16.4. The van der Waals surface area contributed by atoms with Crippen molar-refractivity contribution in [1.29, 1.82) is 0 Å². The Morgan fingerprint density at radius 3 is 2.06 bits per heavy atom. The van der Waals surface area contributed by atoms with Gasteiger partial charge in [-0.3, -0.25) is 4.79 Å². The molecule has 0 spiro atoms. The summed E-state index contributed by atoms with van der Waals surface area (Å²) in [5, 5.41) is 0. The second-order valence-corrected chi connectivity index (χ2v) is 11.0. The van der Waals surface area contributed by atoms with Gasteiger partial charge in [-0.2, -0.15) is 0 Å². The van der Waals surface area contributed by atoms with Crippen LogP contribution in [0.3, 0.4) is 0 Å². The Balaban J connectivity index is 2.05. The van der Waals surface area contributed by atoms with Crippen molar-refractivity contribution in [2.24, 2.45) is 0 Å². The van der Waals surface area contributed by atoms with Gasteiger partial charge in [0.25, 0.3) is 17.7 Å². The minimum absolute atomic E-state index is 0.0903. The molecule has 16 nitrogen and oxygen atoms in total. The Morgan fingerprint density at radius 1 is 0.857 bits per heavy atom. The van der Waals surface area contributed by atoms with Crippen molar-refractivity contribution in [3.05, 3.63) is 29.8 Å². The first-order valence-corrected chi connectivity index (χ1v) is 16.4. The van der Waals surface area contributed by atoms with Crippen LogP contribution in [0.15, 0.2) is 24.3 Å². The van der Waals surface area contributed by atoms with E-state index in [1.165, 1.54) is 38.3 Å². The number of rotatable bonds is 19. The molecular weight excluding hydrogens is 652 g/mol. The van der Waals surface area contributed by atoms with Gasteiger partial charge in [0.05, 0.1) is 13.2 Å². The van der Waals surface area contributed by atoms with Gasteiger partial charge in [0.2, 0.25) is 6.79 Å². The van der Waals surface area contributed by atoms with E-state index in [0.29, 0.717) is 25.9 Å². The molecule has 5 unspecified atom stereocenters. The average molecular weight is 699 g/mol. The van der Waals surface area contributed by atoms with E-state index in [9.17, 15) is 24.0 Å². The van der Waals surface area contributed by atoms with E-state index in [-0.39, 0.29) is 56.9 Å². The van der Waals surface area contributed by atoms with Gasteiger partial charge in [-0.15, -0.1) is 0 Å². The number of ether oxygens (including phenoxy) is 9. The molecule has 2 aliphatic heterocycles. The highest BCUT2D eigenvalue weighted by Crippen LogP contribution is 2.39. The van der Waals surface area contributed by atoms with Crippen molar-refractivity contribution in [2.75, 3.05) is 40.3 Å². The Kier molecular flexibility index (Phi) is 16.2. The zero-order valence-electron chi connectivity index (χ0n) is 28.3. The summed E-state index contributed by atoms with van der Waals surface area (Å²) < 4.78 is 49.6. The summed E-state index contributed by atoms with van der Waals surface area (Å²) in [4.78, 5) is 76.0. The number of hydrogen-bond donors (Lipinski definition) is 0. The van der Waals surface area contributed by atoms with E-state index < -0.39 is 60.6 Å².